The second kappa shape index (κ2) is 7.08. The molecule has 1 aliphatic heterocycles. The lowest BCUT2D eigenvalue weighted by molar-refractivity contribution is -0.130. The van der Waals surface area contributed by atoms with Crippen LogP contribution in [0.4, 0.5) is 0 Å². The molecule has 8 heteroatoms. The third-order valence-corrected chi connectivity index (χ3v) is 5.00. The van der Waals surface area contributed by atoms with Crippen molar-refractivity contribution < 1.29 is 9.21 Å². The Hall–Kier alpha value is -1.96. The molecule has 1 amide bonds. The van der Waals surface area contributed by atoms with Crippen molar-refractivity contribution in [3.8, 4) is 11.6 Å². The van der Waals surface area contributed by atoms with E-state index in [2.05, 4.69) is 10.2 Å². The van der Waals surface area contributed by atoms with Crippen molar-refractivity contribution in [1.82, 2.24) is 19.8 Å². The summed E-state index contributed by atoms with van der Waals surface area (Å²) in [6.07, 6.45) is 6.13. The lowest BCUT2D eigenvalue weighted by Gasteiger charge is -2.23. The van der Waals surface area contributed by atoms with Crippen molar-refractivity contribution in [2.24, 2.45) is 0 Å². The number of nitrogen functional groups attached to an aromatic ring is 1. The number of hydrogen-bond acceptors (Lipinski definition) is 6. The average Bonchev–Trinajstić information content (AvgIpc) is 3.10. The Kier molecular flexibility index (Phi) is 4.90. The first-order valence-corrected chi connectivity index (χ1v) is 8.74. The Morgan fingerprint density at radius 3 is 2.70 bits per heavy atom. The minimum Gasteiger partial charge on any atom is -0.461 e. The van der Waals surface area contributed by atoms with Gasteiger partial charge >= 0.3 is 0 Å². The summed E-state index contributed by atoms with van der Waals surface area (Å²) < 4.78 is 6.66. The van der Waals surface area contributed by atoms with E-state index in [1.54, 1.807) is 18.4 Å². The minimum absolute atomic E-state index is 0.138. The molecule has 1 fully saturated rings. The molecule has 1 saturated heterocycles. The van der Waals surface area contributed by atoms with Gasteiger partial charge in [0, 0.05) is 13.1 Å². The summed E-state index contributed by atoms with van der Waals surface area (Å²) in [5.74, 6) is 7.18. The SMILES string of the molecule is C[C@H](Sc1nnc(-c2ccco2)n1N)C(=O)N1CCCCCC1. The molecule has 124 valence electrons. The Morgan fingerprint density at radius 1 is 1.30 bits per heavy atom. The lowest BCUT2D eigenvalue weighted by Crippen LogP contribution is -2.37. The fraction of sp³-hybridized carbons (Fsp3) is 0.533. The van der Waals surface area contributed by atoms with E-state index in [0.717, 1.165) is 25.9 Å². The summed E-state index contributed by atoms with van der Waals surface area (Å²) in [6.45, 7) is 3.58. The van der Waals surface area contributed by atoms with Gasteiger partial charge in [-0.25, -0.2) is 4.68 Å². The molecule has 0 unspecified atom stereocenters. The van der Waals surface area contributed by atoms with Crippen LogP contribution in [0.3, 0.4) is 0 Å². The number of hydrogen-bond donors (Lipinski definition) is 1. The molecule has 1 atom stereocenters. The summed E-state index contributed by atoms with van der Waals surface area (Å²) in [5.41, 5.74) is 0. The molecule has 7 nitrogen and oxygen atoms in total. The molecule has 23 heavy (non-hydrogen) atoms. The van der Waals surface area contributed by atoms with Crippen LogP contribution < -0.4 is 5.84 Å². The van der Waals surface area contributed by atoms with Crippen molar-refractivity contribution in [3.63, 3.8) is 0 Å². The van der Waals surface area contributed by atoms with E-state index in [1.165, 1.54) is 29.3 Å². The first-order valence-electron chi connectivity index (χ1n) is 7.86. The van der Waals surface area contributed by atoms with Gasteiger partial charge in [0.25, 0.3) is 0 Å². The molecule has 2 N–H and O–H groups in total. The summed E-state index contributed by atoms with van der Waals surface area (Å²) in [7, 11) is 0. The number of likely N-dealkylation sites (tertiary alicyclic amines) is 1. The van der Waals surface area contributed by atoms with E-state index in [9.17, 15) is 4.79 Å². The van der Waals surface area contributed by atoms with Crippen molar-refractivity contribution in [2.45, 2.75) is 43.0 Å². The third kappa shape index (κ3) is 3.52. The maximum atomic E-state index is 12.6. The van der Waals surface area contributed by atoms with Gasteiger partial charge in [-0.1, -0.05) is 24.6 Å². The normalized spacial score (nSPS) is 17.0. The number of aromatic nitrogens is 3. The molecule has 2 aromatic heterocycles. The molecule has 3 rings (SSSR count). The van der Waals surface area contributed by atoms with E-state index in [4.69, 9.17) is 10.3 Å². The Morgan fingerprint density at radius 2 is 2.04 bits per heavy atom. The van der Waals surface area contributed by atoms with Crippen LogP contribution in [0.2, 0.25) is 0 Å². The molecule has 0 saturated carbocycles. The van der Waals surface area contributed by atoms with Crippen LogP contribution in [-0.2, 0) is 4.79 Å². The molecular weight excluding hydrogens is 314 g/mol. The van der Waals surface area contributed by atoms with Gasteiger partial charge in [-0.15, -0.1) is 10.2 Å². The first-order chi connectivity index (χ1) is 11.2. The standard InChI is InChI=1S/C15H21N5O2S/c1-11(14(21)19-8-4-2-3-5-9-19)23-15-18-17-13(20(15)16)12-7-6-10-22-12/h6-7,10-11H,2-5,8-9,16H2,1H3/t11-/m0/s1. The third-order valence-electron chi connectivity index (χ3n) is 3.95. The van der Waals surface area contributed by atoms with Crippen LogP contribution in [0.15, 0.2) is 28.0 Å². The maximum Gasteiger partial charge on any atom is 0.235 e. The second-order valence-corrected chi connectivity index (χ2v) is 6.96. The number of carbonyl (C=O) groups excluding carboxylic acids is 1. The van der Waals surface area contributed by atoms with Crippen LogP contribution in [0.1, 0.15) is 32.6 Å². The van der Waals surface area contributed by atoms with Crippen molar-refractivity contribution in [2.75, 3.05) is 18.9 Å². The smallest absolute Gasteiger partial charge is 0.235 e. The van der Waals surface area contributed by atoms with Crippen LogP contribution in [0.5, 0.6) is 0 Å². The molecule has 0 radical (unpaired) electrons. The van der Waals surface area contributed by atoms with E-state index < -0.39 is 0 Å². The van der Waals surface area contributed by atoms with Crippen LogP contribution in [-0.4, -0.2) is 44.0 Å². The monoisotopic (exact) mass is 335 g/mol. The van der Waals surface area contributed by atoms with Crippen LogP contribution >= 0.6 is 11.8 Å². The van der Waals surface area contributed by atoms with Gasteiger partial charge in [-0.2, -0.15) is 0 Å². The zero-order valence-corrected chi connectivity index (χ0v) is 14.0. The largest absolute Gasteiger partial charge is 0.461 e. The van der Waals surface area contributed by atoms with Gasteiger partial charge < -0.3 is 15.2 Å². The highest BCUT2D eigenvalue weighted by Gasteiger charge is 2.25. The number of furan rings is 1. The minimum atomic E-state index is -0.246. The molecular formula is C15H21N5O2S. The van der Waals surface area contributed by atoms with Gasteiger partial charge in [0.1, 0.15) is 0 Å². The van der Waals surface area contributed by atoms with E-state index >= 15 is 0 Å². The summed E-state index contributed by atoms with van der Waals surface area (Å²) in [6, 6.07) is 3.54. The summed E-state index contributed by atoms with van der Waals surface area (Å²) in [4.78, 5) is 14.5. The highest BCUT2D eigenvalue weighted by atomic mass is 32.2. The first kappa shape index (κ1) is 15.9. The number of rotatable bonds is 4. The Bertz CT molecular complexity index is 647. The average molecular weight is 335 g/mol. The van der Waals surface area contributed by atoms with Gasteiger partial charge in [0.2, 0.25) is 16.9 Å². The zero-order valence-electron chi connectivity index (χ0n) is 13.1. The molecule has 0 spiro atoms. The highest BCUT2D eigenvalue weighted by Crippen LogP contribution is 2.26. The van der Waals surface area contributed by atoms with Crippen molar-refractivity contribution in [1.29, 1.82) is 0 Å². The fourth-order valence-corrected chi connectivity index (χ4v) is 3.54. The number of nitrogens with zero attached hydrogens (tertiary/aromatic N) is 4. The lowest BCUT2D eigenvalue weighted by atomic mass is 10.2. The van der Waals surface area contributed by atoms with Gasteiger partial charge in [0.15, 0.2) is 5.76 Å². The molecule has 0 aromatic carbocycles. The van der Waals surface area contributed by atoms with E-state index in [0.29, 0.717) is 16.7 Å². The predicted octanol–water partition coefficient (Wildman–Crippen LogP) is 2.14. The Labute approximate surface area is 139 Å². The zero-order chi connectivity index (χ0) is 16.2. The molecule has 2 aromatic rings. The topological polar surface area (TPSA) is 90.2 Å². The van der Waals surface area contributed by atoms with Gasteiger partial charge in [0.05, 0.1) is 11.5 Å². The van der Waals surface area contributed by atoms with Gasteiger partial charge in [-0.3, -0.25) is 4.79 Å². The van der Waals surface area contributed by atoms with Crippen molar-refractivity contribution in [3.05, 3.63) is 18.4 Å². The van der Waals surface area contributed by atoms with E-state index in [1.807, 2.05) is 11.8 Å². The van der Waals surface area contributed by atoms with Crippen LogP contribution in [0, 0.1) is 0 Å². The molecule has 3 heterocycles. The number of amides is 1. The summed E-state index contributed by atoms with van der Waals surface area (Å²) >= 11 is 1.33. The quantitative estimate of drug-likeness (QED) is 0.680. The Balaban J connectivity index is 1.68. The predicted molar refractivity (Wildman–Crippen MR) is 88.2 cm³/mol. The van der Waals surface area contributed by atoms with Crippen LogP contribution in [0.25, 0.3) is 11.6 Å². The fourth-order valence-electron chi connectivity index (χ4n) is 2.69. The molecule has 0 aliphatic carbocycles. The number of carbonyl (C=O) groups is 1. The summed E-state index contributed by atoms with van der Waals surface area (Å²) in [5, 5.41) is 8.38. The molecule has 1 aliphatic rings. The van der Waals surface area contributed by atoms with E-state index in [-0.39, 0.29) is 11.2 Å². The number of thioether (sulfide) groups is 1. The second-order valence-electron chi connectivity index (χ2n) is 5.65. The highest BCUT2D eigenvalue weighted by molar-refractivity contribution is 8.00. The maximum absolute atomic E-state index is 12.6. The number of nitrogens with two attached hydrogens (primary N) is 1. The van der Waals surface area contributed by atoms with Crippen molar-refractivity contribution >= 4 is 17.7 Å². The molecule has 0 bridgehead atoms. The van der Waals surface area contributed by atoms with Gasteiger partial charge in [-0.05, 0) is 31.9 Å².